The number of rotatable bonds is 7. The van der Waals surface area contributed by atoms with Crippen molar-refractivity contribution in [1.82, 2.24) is 4.90 Å². The molecular weight excluding hydrogens is 230 g/mol. The highest BCUT2D eigenvalue weighted by Crippen LogP contribution is 2.13. The van der Waals surface area contributed by atoms with Crippen LogP contribution in [-0.2, 0) is 9.53 Å². The van der Waals surface area contributed by atoms with E-state index in [2.05, 4.69) is 11.8 Å². The summed E-state index contributed by atoms with van der Waals surface area (Å²) in [5.74, 6) is -0.417. The zero-order chi connectivity index (χ0) is 13.6. The van der Waals surface area contributed by atoms with Crippen molar-refractivity contribution in [2.45, 2.75) is 51.2 Å². The molecule has 1 rings (SSSR count). The number of hydrogen-bond donors (Lipinski definition) is 2. The predicted molar refractivity (Wildman–Crippen MR) is 72.1 cm³/mol. The number of primary amides is 1. The average molecular weight is 257 g/mol. The van der Waals surface area contributed by atoms with Crippen molar-refractivity contribution in [2.24, 2.45) is 11.5 Å². The van der Waals surface area contributed by atoms with Crippen LogP contribution >= 0.6 is 0 Å². The molecule has 18 heavy (non-hydrogen) atoms. The van der Waals surface area contributed by atoms with Gasteiger partial charge in [-0.1, -0.05) is 6.92 Å². The van der Waals surface area contributed by atoms with E-state index in [1.54, 1.807) is 6.92 Å². The highest BCUT2D eigenvalue weighted by atomic mass is 16.5. The summed E-state index contributed by atoms with van der Waals surface area (Å²) in [4.78, 5) is 13.5. The summed E-state index contributed by atoms with van der Waals surface area (Å²) in [7, 11) is 0. The van der Waals surface area contributed by atoms with Crippen LogP contribution in [-0.4, -0.2) is 48.7 Å². The number of carbonyl (C=O) groups is 1. The van der Waals surface area contributed by atoms with Crippen LogP contribution in [0.4, 0.5) is 0 Å². The number of nitrogens with zero attached hydrogens (tertiary/aromatic N) is 1. The molecule has 0 aromatic heterocycles. The van der Waals surface area contributed by atoms with Gasteiger partial charge in [0, 0.05) is 13.1 Å². The van der Waals surface area contributed by atoms with E-state index in [4.69, 9.17) is 16.2 Å². The first kappa shape index (κ1) is 15.4. The molecule has 0 aliphatic carbocycles. The standard InChI is InChI=1S/C13H27N3O2/c1-3-11-10-16(8-9-18-11)7-5-4-6-13(2,15)12(14)17/h11H,3-10,15H2,1-2H3,(H2,14,17). The fraction of sp³-hybridized carbons (Fsp3) is 0.923. The summed E-state index contributed by atoms with van der Waals surface area (Å²) in [6.45, 7) is 7.76. The molecule has 5 nitrogen and oxygen atoms in total. The number of nitrogens with two attached hydrogens (primary N) is 2. The normalized spacial score (nSPS) is 24.7. The molecule has 0 spiro atoms. The summed E-state index contributed by atoms with van der Waals surface area (Å²) < 4.78 is 5.63. The summed E-state index contributed by atoms with van der Waals surface area (Å²) in [6, 6.07) is 0. The summed E-state index contributed by atoms with van der Waals surface area (Å²) in [5, 5.41) is 0. The molecule has 5 heteroatoms. The molecule has 1 aliphatic rings. The average Bonchev–Trinajstić information content (AvgIpc) is 2.35. The van der Waals surface area contributed by atoms with Gasteiger partial charge in [0.05, 0.1) is 18.2 Å². The molecular formula is C13H27N3O2. The monoisotopic (exact) mass is 257 g/mol. The molecule has 1 fully saturated rings. The largest absolute Gasteiger partial charge is 0.376 e. The molecule has 106 valence electrons. The zero-order valence-corrected chi connectivity index (χ0v) is 11.7. The van der Waals surface area contributed by atoms with Crippen LogP contribution in [0.1, 0.15) is 39.5 Å². The second-order valence-electron chi connectivity index (χ2n) is 5.44. The molecule has 2 unspecified atom stereocenters. The first-order chi connectivity index (χ1) is 8.45. The van der Waals surface area contributed by atoms with Crippen LogP contribution in [0.3, 0.4) is 0 Å². The molecule has 1 saturated heterocycles. The van der Waals surface area contributed by atoms with Crippen molar-refractivity contribution in [3.05, 3.63) is 0 Å². The van der Waals surface area contributed by atoms with E-state index < -0.39 is 11.4 Å². The lowest BCUT2D eigenvalue weighted by Crippen LogP contribution is -2.49. The molecule has 0 aromatic rings. The lowest BCUT2D eigenvalue weighted by molar-refractivity contribution is -0.122. The lowest BCUT2D eigenvalue weighted by atomic mass is 9.95. The van der Waals surface area contributed by atoms with Crippen LogP contribution in [0.5, 0.6) is 0 Å². The Hall–Kier alpha value is -0.650. The van der Waals surface area contributed by atoms with Gasteiger partial charge < -0.3 is 16.2 Å². The van der Waals surface area contributed by atoms with E-state index in [1.807, 2.05) is 0 Å². The molecule has 2 atom stereocenters. The third kappa shape index (κ3) is 4.92. The van der Waals surface area contributed by atoms with Crippen LogP contribution in [0.15, 0.2) is 0 Å². The highest BCUT2D eigenvalue weighted by Gasteiger charge is 2.25. The Morgan fingerprint density at radius 2 is 2.22 bits per heavy atom. The Kier molecular flexibility index (Phi) is 6.05. The second kappa shape index (κ2) is 7.07. The van der Waals surface area contributed by atoms with Crippen molar-refractivity contribution in [3.8, 4) is 0 Å². The van der Waals surface area contributed by atoms with Crippen LogP contribution < -0.4 is 11.5 Å². The number of hydrogen-bond acceptors (Lipinski definition) is 4. The third-order valence-electron chi connectivity index (χ3n) is 3.66. The van der Waals surface area contributed by atoms with Gasteiger partial charge in [0.15, 0.2) is 0 Å². The molecule has 0 radical (unpaired) electrons. The fourth-order valence-electron chi connectivity index (χ4n) is 2.18. The smallest absolute Gasteiger partial charge is 0.237 e. The van der Waals surface area contributed by atoms with Gasteiger partial charge in [-0.25, -0.2) is 0 Å². The summed E-state index contributed by atoms with van der Waals surface area (Å²) in [5.41, 5.74) is 10.2. The minimum Gasteiger partial charge on any atom is -0.376 e. The van der Waals surface area contributed by atoms with Gasteiger partial charge in [-0.05, 0) is 39.2 Å². The highest BCUT2D eigenvalue weighted by molar-refractivity contribution is 5.83. The molecule has 0 aromatic carbocycles. The van der Waals surface area contributed by atoms with Crippen LogP contribution in [0.25, 0.3) is 0 Å². The minimum absolute atomic E-state index is 0.379. The van der Waals surface area contributed by atoms with Gasteiger partial charge >= 0.3 is 0 Å². The minimum atomic E-state index is -0.864. The molecule has 0 bridgehead atoms. The molecule has 0 saturated carbocycles. The van der Waals surface area contributed by atoms with Gasteiger partial charge in [0.2, 0.25) is 5.91 Å². The van der Waals surface area contributed by atoms with E-state index in [9.17, 15) is 4.79 Å². The van der Waals surface area contributed by atoms with E-state index in [0.29, 0.717) is 12.5 Å². The van der Waals surface area contributed by atoms with Crippen molar-refractivity contribution >= 4 is 5.91 Å². The van der Waals surface area contributed by atoms with Crippen molar-refractivity contribution in [2.75, 3.05) is 26.2 Å². The topological polar surface area (TPSA) is 81.6 Å². The number of ether oxygens (including phenoxy) is 1. The second-order valence-corrected chi connectivity index (χ2v) is 5.44. The Morgan fingerprint density at radius 3 is 2.83 bits per heavy atom. The Morgan fingerprint density at radius 1 is 1.50 bits per heavy atom. The molecule has 4 N–H and O–H groups in total. The Labute approximate surface area is 110 Å². The number of morpholine rings is 1. The lowest BCUT2D eigenvalue weighted by Gasteiger charge is -2.32. The summed E-state index contributed by atoms with van der Waals surface area (Å²) >= 11 is 0. The van der Waals surface area contributed by atoms with Crippen molar-refractivity contribution in [1.29, 1.82) is 0 Å². The van der Waals surface area contributed by atoms with Crippen molar-refractivity contribution < 1.29 is 9.53 Å². The molecule has 1 aliphatic heterocycles. The van der Waals surface area contributed by atoms with E-state index >= 15 is 0 Å². The van der Waals surface area contributed by atoms with E-state index in [-0.39, 0.29) is 0 Å². The van der Waals surface area contributed by atoms with Crippen LogP contribution in [0, 0.1) is 0 Å². The first-order valence-corrected chi connectivity index (χ1v) is 6.88. The van der Waals surface area contributed by atoms with Crippen molar-refractivity contribution in [3.63, 3.8) is 0 Å². The van der Waals surface area contributed by atoms with Gasteiger partial charge in [0.25, 0.3) is 0 Å². The van der Waals surface area contributed by atoms with E-state index in [1.165, 1.54) is 0 Å². The Balaban J connectivity index is 2.16. The maximum atomic E-state index is 11.1. The predicted octanol–water partition coefficient (Wildman–Crippen LogP) is 0.470. The SMILES string of the molecule is CCC1CN(CCCCC(C)(N)C(N)=O)CCO1. The maximum absolute atomic E-state index is 11.1. The van der Waals surface area contributed by atoms with Gasteiger partial charge in [-0.2, -0.15) is 0 Å². The molecule has 1 heterocycles. The molecule has 1 amide bonds. The quantitative estimate of drug-likeness (QED) is 0.650. The van der Waals surface area contributed by atoms with Gasteiger partial charge in [-0.3, -0.25) is 9.69 Å². The number of carbonyl (C=O) groups excluding carboxylic acids is 1. The number of unbranched alkanes of at least 4 members (excludes halogenated alkanes) is 1. The van der Waals surface area contributed by atoms with Crippen LogP contribution in [0.2, 0.25) is 0 Å². The third-order valence-corrected chi connectivity index (χ3v) is 3.66. The Bertz CT molecular complexity index is 269. The summed E-state index contributed by atoms with van der Waals surface area (Å²) in [6.07, 6.45) is 4.09. The number of amides is 1. The first-order valence-electron chi connectivity index (χ1n) is 6.88. The van der Waals surface area contributed by atoms with Gasteiger partial charge in [0.1, 0.15) is 0 Å². The van der Waals surface area contributed by atoms with Gasteiger partial charge in [-0.15, -0.1) is 0 Å². The van der Waals surface area contributed by atoms with E-state index in [0.717, 1.165) is 45.5 Å². The fourth-order valence-corrected chi connectivity index (χ4v) is 2.18. The zero-order valence-electron chi connectivity index (χ0n) is 11.7. The maximum Gasteiger partial charge on any atom is 0.237 e.